The lowest BCUT2D eigenvalue weighted by atomic mass is 10.2. The van der Waals surface area contributed by atoms with E-state index in [1.807, 2.05) is 13.8 Å². The van der Waals surface area contributed by atoms with Crippen molar-refractivity contribution in [3.05, 3.63) is 40.4 Å². The van der Waals surface area contributed by atoms with Crippen LogP contribution in [-0.2, 0) is 12.8 Å². The molecule has 2 aromatic rings. The van der Waals surface area contributed by atoms with Crippen molar-refractivity contribution in [1.82, 2.24) is 20.2 Å². The van der Waals surface area contributed by atoms with Crippen LogP contribution in [0.4, 0.5) is 5.95 Å². The van der Waals surface area contributed by atoms with Crippen LogP contribution in [0.25, 0.3) is 0 Å². The third-order valence-electron chi connectivity index (χ3n) is 2.74. The number of carbonyl (C=O) groups is 1. The van der Waals surface area contributed by atoms with Gasteiger partial charge in [0.1, 0.15) is 5.15 Å². The Bertz CT molecular complexity index is 632. The summed E-state index contributed by atoms with van der Waals surface area (Å²) in [5.74, 6) is -0.236. The molecule has 6 nitrogen and oxygen atoms in total. The van der Waals surface area contributed by atoms with E-state index >= 15 is 0 Å². The molecule has 20 heavy (non-hydrogen) atoms. The highest BCUT2D eigenvalue weighted by atomic mass is 35.5. The van der Waals surface area contributed by atoms with Gasteiger partial charge >= 0.3 is 0 Å². The number of amides is 1. The predicted molar refractivity (Wildman–Crippen MR) is 75.8 cm³/mol. The molecule has 0 radical (unpaired) electrons. The summed E-state index contributed by atoms with van der Waals surface area (Å²) in [5.41, 5.74) is 1.94. The van der Waals surface area contributed by atoms with Gasteiger partial charge < -0.3 is 0 Å². The number of halogens is 1. The van der Waals surface area contributed by atoms with Crippen molar-refractivity contribution in [1.29, 1.82) is 0 Å². The predicted octanol–water partition coefficient (Wildman–Crippen LogP) is 2.30. The maximum Gasteiger partial charge on any atom is 0.261 e. The Hall–Kier alpha value is -2.08. The fourth-order valence-electron chi connectivity index (χ4n) is 1.72. The summed E-state index contributed by atoms with van der Waals surface area (Å²) in [6.07, 6.45) is 3.00. The number of hydrogen-bond acceptors (Lipinski definition) is 5. The van der Waals surface area contributed by atoms with E-state index in [0.717, 1.165) is 24.2 Å². The average molecular weight is 292 g/mol. The van der Waals surface area contributed by atoms with Crippen LogP contribution in [0.15, 0.2) is 18.3 Å². The van der Waals surface area contributed by atoms with E-state index in [1.54, 1.807) is 12.1 Å². The van der Waals surface area contributed by atoms with Crippen molar-refractivity contribution >= 4 is 23.5 Å². The smallest absolute Gasteiger partial charge is 0.261 e. The van der Waals surface area contributed by atoms with Crippen LogP contribution in [0.3, 0.4) is 0 Å². The largest absolute Gasteiger partial charge is 0.289 e. The maximum atomic E-state index is 12.0. The minimum absolute atomic E-state index is 0.138. The number of rotatable bonds is 4. The van der Waals surface area contributed by atoms with E-state index in [4.69, 9.17) is 11.6 Å². The number of pyridine rings is 1. The van der Waals surface area contributed by atoms with Gasteiger partial charge in [-0.1, -0.05) is 25.4 Å². The van der Waals surface area contributed by atoms with Crippen molar-refractivity contribution < 1.29 is 4.79 Å². The second kappa shape index (κ2) is 6.38. The molecule has 0 bridgehead atoms. The zero-order valence-electron chi connectivity index (χ0n) is 11.2. The van der Waals surface area contributed by atoms with Crippen molar-refractivity contribution in [3.63, 3.8) is 0 Å². The molecule has 1 amide bonds. The Balaban J connectivity index is 2.22. The van der Waals surface area contributed by atoms with Crippen LogP contribution in [0.2, 0.25) is 5.15 Å². The van der Waals surface area contributed by atoms with Crippen LogP contribution >= 0.6 is 11.6 Å². The minimum atomic E-state index is -0.406. The second-order valence-electron chi connectivity index (χ2n) is 4.03. The molecule has 0 fully saturated rings. The van der Waals surface area contributed by atoms with Gasteiger partial charge in [-0.15, -0.1) is 10.2 Å². The van der Waals surface area contributed by atoms with E-state index in [1.165, 1.54) is 6.20 Å². The highest BCUT2D eigenvalue weighted by Crippen LogP contribution is 2.13. The highest BCUT2D eigenvalue weighted by Gasteiger charge is 2.13. The molecule has 0 saturated carbocycles. The Labute approximate surface area is 121 Å². The summed E-state index contributed by atoms with van der Waals surface area (Å²) in [7, 11) is 0. The topological polar surface area (TPSA) is 80.7 Å². The molecular formula is C13H14ClN5O. The van der Waals surface area contributed by atoms with Crippen molar-refractivity contribution in [2.75, 3.05) is 5.32 Å². The molecule has 0 saturated heterocycles. The monoisotopic (exact) mass is 291 g/mol. The molecule has 2 aromatic heterocycles. The van der Waals surface area contributed by atoms with Gasteiger partial charge in [0.05, 0.1) is 17.0 Å². The number of carbonyl (C=O) groups excluding carboxylic acids is 1. The first-order valence-corrected chi connectivity index (χ1v) is 6.67. The molecule has 104 valence electrons. The van der Waals surface area contributed by atoms with E-state index in [2.05, 4.69) is 25.5 Å². The van der Waals surface area contributed by atoms with Gasteiger partial charge in [-0.05, 0) is 25.0 Å². The Morgan fingerprint density at radius 3 is 2.65 bits per heavy atom. The van der Waals surface area contributed by atoms with Gasteiger partial charge in [0.25, 0.3) is 5.91 Å². The van der Waals surface area contributed by atoms with Gasteiger partial charge in [-0.3, -0.25) is 10.1 Å². The first-order valence-electron chi connectivity index (χ1n) is 6.30. The number of hydrogen-bond donors (Lipinski definition) is 1. The molecule has 1 N–H and O–H groups in total. The molecule has 2 rings (SSSR count). The van der Waals surface area contributed by atoms with Crippen molar-refractivity contribution in [3.8, 4) is 0 Å². The van der Waals surface area contributed by atoms with Gasteiger partial charge in [0.2, 0.25) is 5.95 Å². The fraction of sp³-hybridized carbons (Fsp3) is 0.308. The van der Waals surface area contributed by atoms with Gasteiger partial charge in [-0.2, -0.15) is 0 Å². The van der Waals surface area contributed by atoms with Crippen LogP contribution in [0.1, 0.15) is 35.6 Å². The highest BCUT2D eigenvalue weighted by molar-refractivity contribution is 6.33. The Morgan fingerprint density at radius 1 is 1.25 bits per heavy atom. The first kappa shape index (κ1) is 14.3. The van der Waals surface area contributed by atoms with E-state index in [9.17, 15) is 4.79 Å². The molecule has 7 heteroatoms. The number of aryl methyl sites for hydroxylation is 2. The molecule has 0 aliphatic carbocycles. The Morgan fingerprint density at radius 2 is 2.00 bits per heavy atom. The first-order chi connectivity index (χ1) is 9.65. The SMILES string of the molecule is CCc1nnc(NC(=O)c2cccnc2Cl)nc1CC. The summed E-state index contributed by atoms with van der Waals surface area (Å²) in [6.45, 7) is 3.96. The Kier molecular flexibility index (Phi) is 4.57. The third-order valence-corrected chi connectivity index (χ3v) is 3.04. The van der Waals surface area contributed by atoms with Gasteiger partial charge in [0.15, 0.2) is 0 Å². The zero-order chi connectivity index (χ0) is 14.5. The minimum Gasteiger partial charge on any atom is -0.289 e. The summed E-state index contributed by atoms with van der Waals surface area (Å²) in [6, 6.07) is 3.22. The molecule has 0 aromatic carbocycles. The number of nitrogens with one attached hydrogen (secondary N) is 1. The fourth-order valence-corrected chi connectivity index (χ4v) is 1.92. The van der Waals surface area contributed by atoms with Crippen LogP contribution in [0.5, 0.6) is 0 Å². The summed E-state index contributed by atoms with van der Waals surface area (Å²) < 4.78 is 0. The summed E-state index contributed by atoms with van der Waals surface area (Å²) in [5, 5.41) is 10.7. The van der Waals surface area contributed by atoms with Crippen LogP contribution < -0.4 is 5.32 Å². The van der Waals surface area contributed by atoms with Crippen LogP contribution in [-0.4, -0.2) is 26.1 Å². The van der Waals surface area contributed by atoms with E-state index < -0.39 is 5.91 Å². The van der Waals surface area contributed by atoms with Crippen LogP contribution in [0, 0.1) is 0 Å². The molecule has 2 heterocycles. The zero-order valence-corrected chi connectivity index (χ0v) is 12.0. The molecule has 0 unspecified atom stereocenters. The summed E-state index contributed by atoms with van der Waals surface area (Å²) in [4.78, 5) is 20.2. The standard InChI is InChI=1S/C13H14ClN5O/c1-3-9-10(4-2)18-19-13(16-9)17-12(20)8-6-5-7-15-11(8)14/h5-7H,3-4H2,1-2H3,(H,16,17,19,20). The number of nitrogens with zero attached hydrogens (tertiary/aromatic N) is 4. The molecular weight excluding hydrogens is 278 g/mol. The number of aromatic nitrogens is 4. The van der Waals surface area contributed by atoms with Gasteiger partial charge in [-0.25, -0.2) is 9.97 Å². The molecule has 0 aliphatic heterocycles. The van der Waals surface area contributed by atoms with E-state index in [0.29, 0.717) is 0 Å². The average Bonchev–Trinajstić information content (AvgIpc) is 2.47. The quantitative estimate of drug-likeness (QED) is 0.874. The lowest BCUT2D eigenvalue weighted by Crippen LogP contribution is -2.17. The molecule has 0 atom stereocenters. The lowest BCUT2D eigenvalue weighted by Gasteiger charge is -2.07. The maximum absolute atomic E-state index is 12.0. The summed E-state index contributed by atoms with van der Waals surface area (Å²) >= 11 is 5.86. The molecule has 0 aliphatic rings. The van der Waals surface area contributed by atoms with E-state index in [-0.39, 0.29) is 16.7 Å². The normalized spacial score (nSPS) is 10.3. The van der Waals surface area contributed by atoms with Crippen molar-refractivity contribution in [2.24, 2.45) is 0 Å². The third kappa shape index (κ3) is 3.08. The molecule has 0 spiro atoms. The van der Waals surface area contributed by atoms with Gasteiger partial charge in [0, 0.05) is 6.20 Å². The number of anilines is 1. The second-order valence-corrected chi connectivity index (χ2v) is 4.39. The lowest BCUT2D eigenvalue weighted by molar-refractivity contribution is 0.102. The van der Waals surface area contributed by atoms with Crippen molar-refractivity contribution in [2.45, 2.75) is 26.7 Å².